The first-order valence-corrected chi connectivity index (χ1v) is 6.80. The third kappa shape index (κ3) is 2.70. The van der Waals surface area contributed by atoms with Gasteiger partial charge in [-0.25, -0.2) is 0 Å². The maximum atomic E-state index is 8.75. The second-order valence-electron chi connectivity index (χ2n) is 4.20. The van der Waals surface area contributed by atoms with Gasteiger partial charge in [0, 0.05) is 23.3 Å². The van der Waals surface area contributed by atoms with Gasteiger partial charge in [-0.2, -0.15) is 5.26 Å². The van der Waals surface area contributed by atoms with Crippen molar-refractivity contribution in [3.63, 3.8) is 0 Å². The van der Waals surface area contributed by atoms with Gasteiger partial charge in [-0.15, -0.1) is 11.3 Å². The van der Waals surface area contributed by atoms with Crippen molar-refractivity contribution in [3.8, 4) is 17.6 Å². The fraction of sp³-hybridized carbons (Fsp3) is 0.214. The average molecular weight is 272 g/mol. The van der Waals surface area contributed by atoms with Crippen LogP contribution in [0.3, 0.4) is 0 Å². The molecule has 0 atom stereocenters. The third-order valence-electron chi connectivity index (χ3n) is 2.85. The molecule has 1 aromatic carbocycles. The number of nitriles is 1. The molecule has 96 valence electrons. The van der Waals surface area contributed by atoms with Crippen molar-refractivity contribution in [2.75, 3.05) is 6.79 Å². The SMILES string of the molecule is N#Cc1csc(CNCc2ccc3c(c2)OCO3)c1. The van der Waals surface area contributed by atoms with Crippen LogP contribution in [0.4, 0.5) is 0 Å². The first-order valence-electron chi connectivity index (χ1n) is 5.92. The summed E-state index contributed by atoms with van der Waals surface area (Å²) >= 11 is 1.60. The molecule has 3 rings (SSSR count). The highest BCUT2D eigenvalue weighted by molar-refractivity contribution is 7.10. The lowest BCUT2D eigenvalue weighted by molar-refractivity contribution is 0.174. The van der Waals surface area contributed by atoms with Gasteiger partial charge in [0.25, 0.3) is 0 Å². The van der Waals surface area contributed by atoms with Crippen LogP contribution in [0, 0.1) is 11.3 Å². The van der Waals surface area contributed by atoms with Crippen LogP contribution >= 0.6 is 11.3 Å². The van der Waals surface area contributed by atoms with Crippen molar-refractivity contribution in [2.24, 2.45) is 0 Å². The molecule has 0 radical (unpaired) electrons. The van der Waals surface area contributed by atoms with E-state index in [1.54, 1.807) is 11.3 Å². The number of fused-ring (bicyclic) bond motifs is 1. The molecule has 5 heteroatoms. The van der Waals surface area contributed by atoms with E-state index in [2.05, 4.69) is 11.4 Å². The largest absolute Gasteiger partial charge is 0.454 e. The molecule has 0 saturated heterocycles. The molecule has 0 saturated carbocycles. The number of hydrogen-bond donors (Lipinski definition) is 1. The molecular weight excluding hydrogens is 260 g/mol. The summed E-state index contributed by atoms with van der Waals surface area (Å²) in [5.74, 6) is 1.61. The Bertz CT molecular complexity index is 631. The third-order valence-corrected chi connectivity index (χ3v) is 3.78. The average Bonchev–Trinajstić information content (AvgIpc) is 3.06. The highest BCUT2D eigenvalue weighted by atomic mass is 32.1. The summed E-state index contributed by atoms with van der Waals surface area (Å²) in [7, 11) is 0. The summed E-state index contributed by atoms with van der Waals surface area (Å²) in [6.07, 6.45) is 0. The minimum atomic E-state index is 0.304. The van der Waals surface area contributed by atoms with Crippen molar-refractivity contribution >= 4 is 11.3 Å². The maximum Gasteiger partial charge on any atom is 0.231 e. The van der Waals surface area contributed by atoms with Gasteiger partial charge in [0.15, 0.2) is 11.5 Å². The summed E-state index contributed by atoms with van der Waals surface area (Å²) in [6, 6.07) is 9.99. The molecular formula is C14H12N2O2S. The molecule has 0 fully saturated rings. The fourth-order valence-electron chi connectivity index (χ4n) is 1.91. The topological polar surface area (TPSA) is 54.3 Å². The Balaban J connectivity index is 1.56. The first-order chi connectivity index (χ1) is 9.35. The monoisotopic (exact) mass is 272 g/mol. The van der Waals surface area contributed by atoms with Crippen LogP contribution in [0.25, 0.3) is 0 Å². The van der Waals surface area contributed by atoms with Crippen molar-refractivity contribution in [2.45, 2.75) is 13.1 Å². The van der Waals surface area contributed by atoms with E-state index in [0.29, 0.717) is 6.79 Å². The fourth-order valence-corrected chi connectivity index (χ4v) is 2.69. The molecule has 1 aromatic heterocycles. The number of thiophene rings is 1. The zero-order valence-electron chi connectivity index (χ0n) is 10.2. The van der Waals surface area contributed by atoms with Gasteiger partial charge in [-0.1, -0.05) is 6.07 Å². The Kier molecular flexibility index (Phi) is 3.36. The smallest absolute Gasteiger partial charge is 0.231 e. The molecule has 2 heterocycles. The van der Waals surface area contributed by atoms with Crippen LogP contribution in [0.15, 0.2) is 29.6 Å². The lowest BCUT2D eigenvalue weighted by Crippen LogP contribution is -2.11. The number of ether oxygens (including phenoxy) is 2. The Morgan fingerprint density at radius 2 is 2.11 bits per heavy atom. The quantitative estimate of drug-likeness (QED) is 0.929. The highest BCUT2D eigenvalue weighted by Gasteiger charge is 2.12. The van der Waals surface area contributed by atoms with Crippen LogP contribution in [-0.4, -0.2) is 6.79 Å². The van der Waals surface area contributed by atoms with E-state index in [9.17, 15) is 0 Å². The maximum absolute atomic E-state index is 8.75. The molecule has 4 nitrogen and oxygen atoms in total. The lowest BCUT2D eigenvalue weighted by atomic mass is 10.2. The Morgan fingerprint density at radius 3 is 2.95 bits per heavy atom. The van der Waals surface area contributed by atoms with E-state index in [0.717, 1.165) is 40.6 Å². The second-order valence-corrected chi connectivity index (χ2v) is 5.20. The molecule has 1 aliphatic rings. The van der Waals surface area contributed by atoms with E-state index in [-0.39, 0.29) is 0 Å². The highest BCUT2D eigenvalue weighted by Crippen LogP contribution is 2.32. The summed E-state index contributed by atoms with van der Waals surface area (Å²) in [5, 5.41) is 14.0. The number of nitrogens with one attached hydrogen (secondary N) is 1. The van der Waals surface area contributed by atoms with E-state index < -0.39 is 0 Å². The minimum Gasteiger partial charge on any atom is -0.454 e. The van der Waals surface area contributed by atoms with Crippen molar-refractivity contribution in [1.29, 1.82) is 5.26 Å². The summed E-state index contributed by atoms with van der Waals surface area (Å²) in [5.41, 5.74) is 1.88. The van der Waals surface area contributed by atoms with Crippen LogP contribution in [-0.2, 0) is 13.1 Å². The summed E-state index contributed by atoms with van der Waals surface area (Å²) in [4.78, 5) is 1.16. The van der Waals surface area contributed by atoms with Crippen molar-refractivity contribution < 1.29 is 9.47 Å². The van der Waals surface area contributed by atoms with Crippen molar-refractivity contribution in [3.05, 3.63) is 45.6 Å². The van der Waals surface area contributed by atoms with Crippen LogP contribution in [0.5, 0.6) is 11.5 Å². The summed E-state index contributed by atoms with van der Waals surface area (Å²) in [6.45, 7) is 1.83. The number of rotatable bonds is 4. The van der Waals surface area contributed by atoms with Gasteiger partial charge < -0.3 is 14.8 Å². The van der Waals surface area contributed by atoms with Crippen LogP contribution < -0.4 is 14.8 Å². The first kappa shape index (κ1) is 12.0. The Labute approximate surface area is 115 Å². The van der Waals surface area contributed by atoms with Crippen LogP contribution in [0.2, 0.25) is 0 Å². The zero-order valence-corrected chi connectivity index (χ0v) is 11.0. The van der Waals surface area contributed by atoms with Gasteiger partial charge in [-0.3, -0.25) is 0 Å². The molecule has 0 amide bonds. The van der Waals surface area contributed by atoms with E-state index in [4.69, 9.17) is 14.7 Å². The van der Waals surface area contributed by atoms with Gasteiger partial charge in [0.1, 0.15) is 6.07 Å². The standard InChI is InChI=1S/C14H12N2O2S/c15-5-11-3-12(19-8-11)7-16-6-10-1-2-13-14(4-10)18-9-17-13/h1-4,8,16H,6-7,9H2. The van der Waals surface area contributed by atoms with Crippen molar-refractivity contribution in [1.82, 2.24) is 5.32 Å². The molecule has 0 unspecified atom stereocenters. The predicted octanol–water partition coefficient (Wildman–Crippen LogP) is 2.64. The van der Waals surface area contributed by atoms with Gasteiger partial charge >= 0.3 is 0 Å². The normalized spacial score (nSPS) is 12.4. The summed E-state index contributed by atoms with van der Waals surface area (Å²) < 4.78 is 10.6. The predicted molar refractivity (Wildman–Crippen MR) is 72.1 cm³/mol. The molecule has 19 heavy (non-hydrogen) atoms. The zero-order chi connectivity index (χ0) is 13.1. The van der Waals surface area contributed by atoms with E-state index >= 15 is 0 Å². The molecule has 1 aliphatic heterocycles. The lowest BCUT2D eigenvalue weighted by Gasteiger charge is -2.04. The molecule has 2 aromatic rings. The van der Waals surface area contributed by atoms with Gasteiger partial charge in [-0.05, 0) is 23.8 Å². The number of nitrogens with zero attached hydrogens (tertiary/aromatic N) is 1. The number of hydrogen-bond acceptors (Lipinski definition) is 5. The molecule has 1 N–H and O–H groups in total. The molecule has 0 bridgehead atoms. The van der Waals surface area contributed by atoms with E-state index in [1.807, 2.05) is 29.6 Å². The second kappa shape index (κ2) is 5.31. The molecule has 0 spiro atoms. The Hall–Kier alpha value is -2.03. The molecule has 0 aliphatic carbocycles. The van der Waals surface area contributed by atoms with Gasteiger partial charge in [0.2, 0.25) is 6.79 Å². The van der Waals surface area contributed by atoms with E-state index in [1.165, 1.54) is 0 Å². The number of benzene rings is 1. The van der Waals surface area contributed by atoms with Gasteiger partial charge in [0.05, 0.1) is 5.56 Å². The minimum absolute atomic E-state index is 0.304. The van der Waals surface area contributed by atoms with Crippen LogP contribution in [0.1, 0.15) is 16.0 Å². The Morgan fingerprint density at radius 1 is 1.21 bits per heavy atom.